The number of hydrogen-bond donors (Lipinski definition) is 1. The fourth-order valence-electron chi connectivity index (χ4n) is 4.23. The molecule has 0 bridgehead atoms. The molecular formula is C25H29N5O3. The molecule has 33 heavy (non-hydrogen) atoms. The van der Waals surface area contributed by atoms with E-state index in [0.29, 0.717) is 37.5 Å². The lowest BCUT2D eigenvalue weighted by molar-refractivity contribution is -0.124. The maximum Gasteiger partial charge on any atom is 0.254 e. The molecule has 2 amide bonds. The first-order valence-corrected chi connectivity index (χ1v) is 11.1. The normalized spacial score (nSPS) is 16.5. The lowest BCUT2D eigenvalue weighted by Gasteiger charge is -2.40. The van der Waals surface area contributed by atoms with Gasteiger partial charge in [0.25, 0.3) is 5.91 Å². The van der Waals surface area contributed by atoms with Crippen LogP contribution < -0.4 is 10.5 Å². The van der Waals surface area contributed by atoms with Crippen LogP contribution in [0.2, 0.25) is 0 Å². The Kier molecular flexibility index (Phi) is 7.04. The standard InChI is InChI=1S/C25H29N5O3/c1-33-23-9-8-20(16-21(23)17-29-12-5-11-27-29)25(32)30-15-14-28(18-22(30)24(26)31)13-10-19-6-3-2-4-7-19/h2-9,11-12,16,22H,10,13-15,17-18H2,1H3,(H2,26,31). The molecule has 1 fully saturated rings. The molecule has 1 atom stereocenters. The van der Waals surface area contributed by atoms with E-state index >= 15 is 0 Å². The summed E-state index contributed by atoms with van der Waals surface area (Å²) in [7, 11) is 1.60. The number of methoxy groups -OCH3 is 1. The molecule has 8 nitrogen and oxygen atoms in total. The summed E-state index contributed by atoms with van der Waals surface area (Å²) in [6.45, 7) is 2.86. The Morgan fingerprint density at radius 2 is 1.94 bits per heavy atom. The summed E-state index contributed by atoms with van der Waals surface area (Å²) >= 11 is 0. The Balaban J connectivity index is 1.47. The van der Waals surface area contributed by atoms with Crippen molar-refractivity contribution >= 4 is 11.8 Å². The maximum absolute atomic E-state index is 13.4. The fraction of sp³-hybridized carbons (Fsp3) is 0.320. The number of rotatable bonds is 8. The largest absolute Gasteiger partial charge is 0.496 e. The van der Waals surface area contributed by atoms with Crippen molar-refractivity contribution in [1.29, 1.82) is 0 Å². The molecule has 172 valence electrons. The zero-order chi connectivity index (χ0) is 23.2. The van der Waals surface area contributed by atoms with Crippen LogP contribution in [0, 0.1) is 0 Å². The predicted octanol–water partition coefficient (Wildman–Crippen LogP) is 1.79. The molecule has 2 N–H and O–H groups in total. The zero-order valence-corrected chi connectivity index (χ0v) is 18.8. The van der Waals surface area contributed by atoms with Crippen molar-refractivity contribution in [2.24, 2.45) is 5.73 Å². The number of benzene rings is 2. The second kappa shape index (κ2) is 10.3. The highest BCUT2D eigenvalue weighted by Gasteiger charge is 2.34. The van der Waals surface area contributed by atoms with Crippen LogP contribution >= 0.6 is 0 Å². The first-order valence-electron chi connectivity index (χ1n) is 11.1. The molecule has 0 saturated carbocycles. The monoisotopic (exact) mass is 447 g/mol. The third-order valence-electron chi connectivity index (χ3n) is 6.03. The topological polar surface area (TPSA) is 93.7 Å². The average Bonchev–Trinajstić information content (AvgIpc) is 3.36. The molecule has 1 saturated heterocycles. The van der Waals surface area contributed by atoms with E-state index in [1.165, 1.54) is 5.56 Å². The number of carbonyl (C=O) groups is 2. The minimum Gasteiger partial charge on any atom is -0.496 e. The zero-order valence-electron chi connectivity index (χ0n) is 18.8. The molecular weight excluding hydrogens is 418 g/mol. The number of hydrogen-bond acceptors (Lipinski definition) is 5. The van der Waals surface area contributed by atoms with Gasteiger partial charge < -0.3 is 15.4 Å². The van der Waals surface area contributed by atoms with E-state index in [1.807, 2.05) is 36.5 Å². The number of piperazine rings is 1. The highest BCUT2D eigenvalue weighted by molar-refractivity contribution is 5.98. The second-order valence-corrected chi connectivity index (χ2v) is 8.18. The summed E-state index contributed by atoms with van der Waals surface area (Å²) < 4.78 is 7.23. The molecule has 2 aromatic carbocycles. The molecule has 1 aliphatic heterocycles. The highest BCUT2D eigenvalue weighted by atomic mass is 16.5. The average molecular weight is 448 g/mol. The van der Waals surface area contributed by atoms with E-state index in [2.05, 4.69) is 22.1 Å². The summed E-state index contributed by atoms with van der Waals surface area (Å²) in [6.07, 6.45) is 4.44. The van der Waals surface area contributed by atoms with Gasteiger partial charge in [-0.3, -0.25) is 19.2 Å². The summed E-state index contributed by atoms with van der Waals surface area (Å²) in [6, 6.07) is 16.7. The number of carbonyl (C=O) groups excluding carboxylic acids is 2. The highest BCUT2D eigenvalue weighted by Crippen LogP contribution is 2.23. The molecule has 0 radical (unpaired) electrons. The minimum absolute atomic E-state index is 0.203. The summed E-state index contributed by atoms with van der Waals surface area (Å²) in [5.74, 6) is -0.0110. The van der Waals surface area contributed by atoms with Crippen LogP contribution in [0.4, 0.5) is 0 Å². The fourth-order valence-corrected chi connectivity index (χ4v) is 4.23. The molecule has 1 unspecified atom stereocenters. The first-order chi connectivity index (χ1) is 16.0. The second-order valence-electron chi connectivity index (χ2n) is 8.18. The van der Waals surface area contributed by atoms with Gasteiger partial charge in [-0.05, 0) is 36.2 Å². The van der Waals surface area contributed by atoms with E-state index in [4.69, 9.17) is 10.5 Å². The van der Waals surface area contributed by atoms with Gasteiger partial charge in [0, 0.05) is 49.7 Å². The SMILES string of the molecule is COc1ccc(C(=O)N2CCN(CCc3ccccc3)CC2C(N)=O)cc1Cn1cccn1. The van der Waals surface area contributed by atoms with Crippen molar-refractivity contribution in [3.63, 3.8) is 0 Å². The van der Waals surface area contributed by atoms with E-state index in [9.17, 15) is 9.59 Å². The Hall–Kier alpha value is -3.65. The van der Waals surface area contributed by atoms with Gasteiger partial charge >= 0.3 is 0 Å². The predicted molar refractivity (Wildman–Crippen MR) is 125 cm³/mol. The molecule has 1 aliphatic rings. The van der Waals surface area contributed by atoms with E-state index in [1.54, 1.807) is 35.0 Å². The molecule has 3 aromatic rings. The molecule has 4 rings (SSSR count). The van der Waals surface area contributed by atoms with Gasteiger partial charge in [-0.1, -0.05) is 30.3 Å². The van der Waals surface area contributed by atoms with E-state index in [-0.39, 0.29) is 5.91 Å². The van der Waals surface area contributed by atoms with E-state index in [0.717, 1.165) is 18.5 Å². The molecule has 2 heterocycles. The Morgan fingerprint density at radius 3 is 2.64 bits per heavy atom. The van der Waals surface area contributed by atoms with Gasteiger partial charge in [0.2, 0.25) is 5.91 Å². The summed E-state index contributed by atoms with van der Waals surface area (Å²) in [5.41, 5.74) is 8.30. The number of ether oxygens (including phenoxy) is 1. The molecule has 8 heteroatoms. The van der Waals surface area contributed by atoms with Crippen molar-refractivity contribution < 1.29 is 14.3 Å². The van der Waals surface area contributed by atoms with Crippen LogP contribution in [-0.4, -0.2) is 70.7 Å². The van der Waals surface area contributed by atoms with Crippen LogP contribution in [0.1, 0.15) is 21.5 Å². The Labute approximate surface area is 193 Å². The van der Waals surface area contributed by atoms with E-state index < -0.39 is 11.9 Å². The van der Waals surface area contributed by atoms with Crippen molar-refractivity contribution in [3.8, 4) is 5.75 Å². The van der Waals surface area contributed by atoms with Crippen molar-refractivity contribution in [1.82, 2.24) is 19.6 Å². The van der Waals surface area contributed by atoms with Gasteiger partial charge in [-0.25, -0.2) is 0 Å². The van der Waals surface area contributed by atoms with Gasteiger partial charge in [0.15, 0.2) is 0 Å². The molecule has 0 aliphatic carbocycles. The molecule has 0 spiro atoms. The lowest BCUT2D eigenvalue weighted by atomic mass is 10.0. The summed E-state index contributed by atoms with van der Waals surface area (Å²) in [5, 5.41) is 4.23. The third-order valence-corrected chi connectivity index (χ3v) is 6.03. The number of nitrogens with zero attached hydrogens (tertiary/aromatic N) is 4. The smallest absolute Gasteiger partial charge is 0.254 e. The van der Waals surface area contributed by atoms with Crippen molar-refractivity contribution in [2.75, 3.05) is 33.3 Å². The van der Waals surface area contributed by atoms with Crippen molar-refractivity contribution in [2.45, 2.75) is 19.0 Å². The number of primary amides is 1. The van der Waals surface area contributed by atoms with Crippen LogP contribution in [0.3, 0.4) is 0 Å². The lowest BCUT2D eigenvalue weighted by Crippen LogP contribution is -2.60. The molecule has 1 aromatic heterocycles. The quantitative estimate of drug-likeness (QED) is 0.568. The van der Waals surface area contributed by atoms with Gasteiger partial charge in [0.05, 0.1) is 13.7 Å². The minimum atomic E-state index is -0.668. The van der Waals surface area contributed by atoms with Gasteiger partial charge in [-0.2, -0.15) is 5.10 Å². The van der Waals surface area contributed by atoms with Crippen LogP contribution in [-0.2, 0) is 17.8 Å². The van der Waals surface area contributed by atoms with Gasteiger partial charge in [0.1, 0.15) is 11.8 Å². The van der Waals surface area contributed by atoms with Crippen LogP contribution in [0.25, 0.3) is 0 Å². The Morgan fingerprint density at radius 1 is 1.12 bits per heavy atom. The van der Waals surface area contributed by atoms with Crippen LogP contribution in [0.15, 0.2) is 67.0 Å². The van der Waals surface area contributed by atoms with Crippen molar-refractivity contribution in [3.05, 3.63) is 83.7 Å². The van der Waals surface area contributed by atoms with Crippen LogP contribution in [0.5, 0.6) is 5.75 Å². The summed E-state index contributed by atoms with van der Waals surface area (Å²) in [4.78, 5) is 29.5. The number of amides is 2. The maximum atomic E-state index is 13.4. The first kappa shape index (κ1) is 22.5. The third kappa shape index (κ3) is 5.40. The van der Waals surface area contributed by atoms with Gasteiger partial charge in [-0.15, -0.1) is 0 Å². The Bertz CT molecular complexity index is 1080. The number of aromatic nitrogens is 2. The number of nitrogens with two attached hydrogens (primary N) is 1.